The van der Waals surface area contributed by atoms with Crippen LogP contribution in [0.4, 0.5) is 11.9 Å². The van der Waals surface area contributed by atoms with Crippen molar-refractivity contribution >= 4 is 86.1 Å². The minimum atomic E-state index is -0.192. The van der Waals surface area contributed by atoms with Gasteiger partial charge in [0.25, 0.3) is 0 Å². The molecule has 14 heteroatoms. The SMILES string of the molecule is CC(=O)Nc1nccc(C=Cc2c(-c3ccccc3)nc3n2CCS3)n1.Nc1ncc(Br)c(C=Cc2c(-c3ccccc3)nc3sccn23)n1. The second-order valence-electron chi connectivity index (χ2n) is 10.9. The van der Waals surface area contributed by atoms with Gasteiger partial charge in [0.2, 0.25) is 17.8 Å². The van der Waals surface area contributed by atoms with Gasteiger partial charge in [0.05, 0.1) is 38.6 Å². The standard InChI is InChI=1S/C19H17N5OS.C17H12BrN5S/c1-13(25)21-18-20-10-9-15(22-18)7-8-16-17(14-5-3-2-4-6-14)23-19-24(16)11-12-26-19;18-12-10-20-16(19)21-13(12)6-7-14-15(11-4-2-1-3-5-11)22-17-23(14)8-9-24-17/h2-10H,11-12H2,1H3,(H,20,21,22,25);1-10H,(H2,19,20,21). The zero-order valence-electron chi connectivity index (χ0n) is 26.6. The Labute approximate surface area is 304 Å². The van der Waals surface area contributed by atoms with Crippen LogP contribution in [0.2, 0.25) is 0 Å². The summed E-state index contributed by atoms with van der Waals surface area (Å²) in [5.41, 5.74) is 13.3. The van der Waals surface area contributed by atoms with Crippen LogP contribution in [0.5, 0.6) is 0 Å². The maximum Gasteiger partial charge on any atom is 0.229 e. The monoisotopic (exact) mass is 760 g/mol. The van der Waals surface area contributed by atoms with E-state index in [4.69, 9.17) is 15.7 Å². The number of thiazole rings is 1. The Morgan fingerprint density at radius 2 is 1.60 bits per heavy atom. The van der Waals surface area contributed by atoms with Crippen LogP contribution < -0.4 is 11.1 Å². The molecule has 0 saturated carbocycles. The molecule has 1 amide bonds. The number of fused-ring (bicyclic) bond motifs is 2. The molecule has 3 N–H and O–H groups in total. The third-order valence-corrected chi connectivity index (χ3v) is 9.80. The van der Waals surface area contributed by atoms with Gasteiger partial charge in [0, 0.05) is 54.3 Å². The molecule has 6 heterocycles. The van der Waals surface area contributed by atoms with Gasteiger partial charge < -0.3 is 10.3 Å². The van der Waals surface area contributed by atoms with E-state index in [1.807, 2.05) is 72.3 Å². The van der Waals surface area contributed by atoms with E-state index in [2.05, 4.69) is 74.4 Å². The zero-order chi connectivity index (χ0) is 34.5. The number of carbonyl (C=O) groups excluding carboxylic acids is 1. The van der Waals surface area contributed by atoms with Crippen molar-refractivity contribution in [3.05, 3.63) is 118 Å². The number of carbonyl (C=O) groups is 1. The van der Waals surface area contributed by atoms with Crippen molar-refractivity contribution in [3.8, 4) is 22.5 Å². The van der Waals surface area contributed by atoms with Crippen molar-refractivity contribution < 1.29 is 4.79 Å². The first-order chi connectivity index (χ1) is 24.4. The Morgan fingerprint density at radius 3 is 2.34 bits per heavy atom. The number of benzene rings is 2. The first-order valence-corrected chi connectivity index (χ1v) is 18.1. The number of hydrogen-bond donors (Lipinski definition) is 2. The summed E-state index contributed by atoms with van der Waals surface area (Å²) >= 11 is 6.83. The summed E-state index contributed by atoms with van der Waals surface area (Å²) in [5, 5.41) is 5.67. The summed E-state index contributed by atoms with van der Waals surface area (Å²) in [6.07, 6.45) is 13.2. The van der Waals surface area contributed by atoms with E-state index in [-0.39, 0.29) is 11.9 Å². The van der Waals surface area contributed by atoms with Gasteiger partial charge in [0.15, 0.2) is 10.1 Å². The number of nitrogens with zero attached hydrogens (tertiary/aromatic N) is 8. The normalized spacial score (nSPS) is 12.4. The van der Waals surface area contributed by atoms with Gasteiger partial charge in [-0.25, -0.2) is 29.9 Å². The van der Waals surface area contributed by atoms with Gasteiger partial charge in [-0.2, -0.15) is 0 Å². The molecule has 50 heavy (non-hydrogen) atoms. The number of thioether (sulfide) groups is 1. The molecule has 0 fully saturated rings. The molecule has 0 saturated heterocycles. The fourth-order valence-electron chi connectivity index (χ4n) is 5.26. The number of rotatable bonds is 7. The van der Waals surface area contributed by atoms with Gasteiger partial charge in [-0.3, -0.25) is 14.5 Å². The summed E-state index contributed by atoms with van der Waals surface area (Å²) in [6.45, 7) is 2.38. The summed E-state index contributed by atoms with van der Waals surface area (Å²) in [6, 6.07) is 22.1. The highest BCUT2D eigenvalue weighted by atomic mass is 79.9. The highest BCUT2D eigenvalue weighted by Crippen LogP contribution is 2.34. The maximum absolute atomic E-state index is 11.2. The van der Waals surface area contributed by atoms with Crippen LogP contribution in [0.25, 0.3) is 51.8 Å². The van der Waals surface area contributed by atoms with Crippen LogP contribution >= 0.6 is 39.0 Å². The first kappa shape index (κ1) is 33.1. The lowest BCUT2D eigenvalue weighted by atomic mass is 10.1. The lowest BCUT2D eigenvalue weighted by Crippen LogP contribution is -2.09. The van der Waals surface area contributed by atoms with Crippen molar-refractivity contribution in [2.45, 2.75) is 18.6 Å². The van der Waals surface area contributed by atoms with Crippen molar-refractivity contribution in [1.82, 2.24) is 38.9 Å². The molecular weight excluding hydrogens is 733 g/mol. The number of anilines is 2. The van der Waals surface area contributed by atoms with Crippen molar-refractivity contribution in [2.75, 3.05) is 16.8 Å². The van der Waals surface area contributed by atoms with Gasteiger partial charge in [-0.15, -0.1) is 11.3 Å². The Balaban J connectivity index is 0.000000157. The number of nitrogens with one attached hydrogen (secondary N) is 1. The average Bonchev–Trinajstić information content (AvgIpc) is 3.91. The summed E-state index contributed by atoms with van der Waals surface area (Å²) in [4.78, 5) is 38.3. The molecule has 0 spiro atoms. The Kier molecular flexibility index (Phi) is 9.91. The van der Waals surface area contributed by atoms with Crippen LogP contribution in [0.3, 0.4) is 0 Å². The molecule has 11 nitrogen and oxygen atoms in total. The van der Waals surface area contributed by atoms with Crippen molar-refractivity contribution in [2.24, 2.45) is 0 Å². The average molecular weight is 762 g/mol. The molecule has 248 valence electrons. The Morgan fingerprint density at radius 1 is 0.880 bits per heavy atom. The molecular formula is C36H29BrN10OS2. The third kappa shape index (κ3) is 7.42. The summed E-state index contributed by atoms with van der Waals surface area (Å²) in [7, 11) is 0. The third-order valence-electron chi connectivity index (χ3n) is 7.48. The lowest BCUT2D eigenvalue weighted by Gasteiger charge is -2.04. The van der Waals surface area contributed by atoms with E-state index in [1.165, 1.54) is 6.92 Å². The fraction of sp³-hybridized carbons (Fsp3) is 0.0833. The molecule has 1 aliphatic heterocycles. The van der Waals surface area contributed by atoms with E-state index in [9.17, 15) is 4.79 Å². The van der Waals surface area contributed by atoms with Crippen LogP contribution in [-0.4, -0.2) is 50.5 Å². The number of nitrogens with two attached hydrogens (primary N) is 1. The molecule has 0 unspecified atom stereocenters. The molecule has 0 aliphatic carbocycles. The van der Waals surface area contributed by atoms with Crippen molar-refractivity contribution in [1.29, 1.82) is 0 Å². The number of imidazole rings is 2. The van der Waals surface area contributed by atoms with E-state index in [0.29, 0.717) is 5.95 Å². The minimum Gasteiger partial charge on any atom is -0.368 e. The Hall–Kier alpha value is -5.44. The predicted octanol–water partition coefficient (Wildman–Crippen LogP) is 7.94. The number of hydrogen-bond acceptors (Lipinski definition) is 10. The van der Waals surface area contributed by atoms with Gasteiger partial charge in [0.1, 0.15) is 0 Å². The van der Waals surface area contributed by atoms with Gasteiger partial charge in [-0.05, 0) is 46.3 Å². The van der Waals surface area contributed by atoms with E-state index in [0.717, 1.165) is 72.2 Å². The highest BCUT2D eigenvalue weighted by molar-refractivity contribution is 9.10. The summed E-state index contributed by atoms with van der Waals surface area (Å²) < 4.78 is 5.10. The number of amides is 1. The van der Waals surface area contributed by atoms with Gasteiger partial charge >= 0.3 is 0 Å². The largest absolute Gasteiger partial charge is 0.368 e. The second-order valence-corrected chi connectivity index (χ2v) is 13.7. The quantitative estimate of drug-likeness (QED) is 0.166. The van der Waals surface area contributed by atoms with Crippen molar-refractivity contribution in [3.63, 3.8) is 0 Å². The number of aromatic nitrogens is 8. The molecule has 0 bridgehead atoms. The van der Waals surface area contributed by atoms with E-state index < -0.39 is 0 Å². The molecule has 2 aromatic carbocycles. The topological polar surface area (TPSA) is 142 Å². The lowest BCUT2D eigenvalue weighted by molar-refractivity contribution is -0.114. The second kappa shape index (κ2) is 15.0. The summed E-state index contributed by atoms with van der Waals surface area (Å²) in [5.74, 6) is 1.40. The molecule has 8 rings (SSSR count). The highest BCUT2D eigenvalue weighted by Gasteiger charge is 2.21. The number of halogens is 1. The first-order valence-electron chi connectivity index (χ1n) is 15.5. The molecule has 5 aromatic heterocycles. The molecule has 1 aliphatic rings. The van der Waals surface area contributed by atoms with Crippen LogP contribution in [0.15, 0.2) is 100 Å². The maximum atomic E-state index is 11.2. The molecule has 7 aromatic rings. The zero-order valence-corrected chi connectivity index (χ0v) is 29.9. The van der Waals surface area contributed by atoms with Crippen LogP contribution in [-0.2, 0) is 11.3 Å². The van der Waals surface area contributed by atoms with Crippen LogP contribution in [0, 0.1) is 0 Å². The fourth-order valence-corrected chi connectivity index (χ4v) is 7.27. The molecule has 0 atom stereocenters. The van der Waals surface area contributed by atoms with Crippen LogP contribution in [0.1, 0.15) is 29.7 Å². The minimum absolute atomic E-state index is 0.192. The number of nitrogen functional groups attached to an aromatic ring is 1. The predicted molar refractivity (Wildman–Crippen MR) is 205 cm³/mol. The Bertz CT molecular complexity index is 2350. The van der Waals surface area contributed by atoms with E-state index >= 15 is 0 Å². The smallest absolute Gasteiger partial charge is 0.229 e. The van der Waals surface area contributed by atoms with E-state index in [1.54, 1.807) is 41.6 Å². The molecule has 0 radical (unpaired) electrons. The van der Waals surface area contributed by atoms with Gasteiger partial charge in [-0.1, -0.05) is 72.4 Å².